The summed E-state index contributed by atoms with van der Waals surface area (Å²) in [6, 6.07) is 19.0. The number of hydrogen-bond donors (Lipinski definition) is 0. The topological polar surface area (TPSA) is 57.9 Å². The minimum atomic E-state index is -3.49. The fourth-order valence-electron chi connectivity index (χ4n) is 1.97. The van der Waals surface area contributed by atoms with E-state index in [0.29, 0.717) is 25.7 Å². The zero-order valence-electron chi connectivity index (χ0n) is 13.5. The summed E-state index contributed by atoms with van der Waals surface area (Å²) in [6.07, 6.45) is 0. The lowest BCUT2D eigenvalue weighted by Gasteiger charge is -2.04. The van der Waals surface area contributed by atoms with Crippen molar-refractivity contribution in [1.82, 2.24) is 0 Å². The van der Waals surface area contributed by atoms with Gasteiger partial charge in [0.25, 0.3) is 0 Å². The van der Waals surface area contributed by atoms with Crippen LogP contribution in [0.25, 0.3) is 0 Å². The molecule has 0 aliphatic rings. The first-order chi connectivity index (χ1) is 12.8. The molecule has 0 aliphatic heterocycles. The van der Waals surface area contributed by atoms with Gasteiger partial charge in [-0.3, -0.25) is 0 Å². The predicted octanol–water partition coefficient (Wildman–Crippen LogP) is 6.69. The molecule has 0 amide bonds. The van der Waals surface area contributed by atoms with Crippen molar-refractivity contribution in [2.45, 2.75) is 9.79 Å². The van der Waals surface area contributed by atoms with E-state index in [1.165, 1.54) is 24.3 Å². The van der Waals surface area contributed by atoms with Crippen LogP contribution in [0, 0.1) is 11.3 Å². The number of rotatable bonds is 2. The standard InChI is InChI=1S/C12H8Cl2O2S.C7H3Cl2N/c13-9-1-5-11(6-2-9)17(15,16)12-7-3-10(14)4-8-12;8-6-2-1-3-7(9)5(6)4-10/h1-8H;1-3H. The van der Waals surface area contributed by atoms with Crippen LogP contribution in [0.1, 0.15) is 5.56 Å². The molecule has 0 radical (unpaired) electrons. The van der Waals surface area contributed by atoms with E-state index in [0.717, 1.165) is 0 Å². The highest BCUT2D eigenvalue weighted by atomic mass is 35.5. The molecule has 8 heteroatoms. The summed E-state index contributed by atoms with van der Waals surface area (Å²) >= 11 is 22.7. The number of halogens is 4. The van der Waals surface area contributed by atoms with Gasteiger partial charge in [-0.25, -0.2) is 8.42 Å². The molecular weight excluding hydrogens is 448 g/mol. The molecule has 3 nitrogen and oxygen atoms in total. The Hall–Kier alpha value is -1.74. The minimum Gasteiger partial charge on any atom is -0.219 e. The van der Waals surface area contributed by atoms with Crippen LogP contribution in [0.3, 0.4) is 0 Å². The molecule has 0 N–H and O–H groups in total. The lowest BCUT2D eigenvalue weighted by molar-refractivity contribution is 0.596. The molecule has 3 rings (SSSR count). The summed E-state index contributed by atoms with van der Waals surface area (Å²) in [6.45, 7) is 0. The first-order valence-electron chi connectivity index (χ1n) is 7.36. The fourth-order valence-corrected chi connectivity index (χ4v) is 3.96. The highest BCUT2D eigenvalue weighted by molar-refractivity contribution is 7.91. The molecule has 0 spiro atoms. The van der Waals surface area contributed by atoms with Crippen molar-refractivity contribution in [3.05, 3.63) is 92.4 Å². The molecular formula is C19H11Cl4NO2S. The molecule has 0 saturated carbocycles. The molecule has 0 atom stereocenters. The maximum atomic E-state index is 12.2. The van der Waals surface area contributed by atoms with Crippen LogP contribution in [0.5, 0.6) is 0 Å². The van der Waals surface area contributed by atoms with E-state index in [9.17, 15) is 8.42 Å². The first-order valence-corrected chi connectivity index (χ1v) is 10.4. The predicted molar refractivity (Wildman–Crippen MR) is 110 cm³/mol. The average molecular weight is 459 g/mol. The summed E-state index contributed by atoms with van der Waals surface area (Å²) in [5, 5.41) is 10.3. The second-order valence-corrected chi connectivity index (χ2v) is 8.76. The molecule has 0 heterocycles. The van der Waals surface area contributed by atoms with Crippen LogP contribution in [0.4, 0.5) is 0 Å². The third-order valence-electron chi connectivity index (χ3n) is 3.32. The van der Waals surface area contributed by atoms with E-state index in [2.05, 4.69) is 0 Å². The molecule has 138 valence electrons. The summed E-state index contributed by atoms with van der Waals surface area (Å²) in [4.78, 5) is 0.424. The molecule has 3 aromatic rings. The smallest absolute Gasteiger partial charge is 0.206 e. The maximum absolute atomic E-state index is 12.2. The average Bonchev–Trinajstić information content (AvgIpc) is 2.63. The Balaban J connectivity index is 0.000000223. The van der Waals surface area contributed by atoms with E-state index >= 15 is 0 Å². The van der Waals surface area contributed by atoms with E-state index in [1.807, 2.05) is 6.07 Å². The molecule has 27 heavy (non-hydrogen) atoms. The quantitative estimate of drug-likeness (QED) is 0.429. The number of nitrogens with zero attached hydrogens (tertiary/aromatic N) is 1. The highest BCUT2D eigenvalue weighted by Gasteiger charge is 2.16. The Morgan fingerprint density at radius 1 is 0.667 bits per heavy atom. The van der Waals surface area contributed by atoms with Crippen molar-refractivity contribution in [3.63, 3.8) is 0 Å². The summed E-state index contributed by atoms with van der Waals surface area (Å²) in [5.74, 6) is 0. The van der Waals surface area contributed by atoms with E-state index in [4.69, 9.17) is 51.7 Å². The minimum absolute atomic E-state index is 0.212. The Morgan fingerprint density at radius 2 is 1.04 bits per heavy atom. The van der Waals surface area contributed by atoms with Gasteiger partial charge in [0, 0.05) is 10.0 Å². The first kappa shape index (κ1) is 21.6. The molecule has 0 unspecified atom stereocenters. The van der Waals surface area contributed by atoms with Crippen molar-refractivity contribution in [1.29, 1.82) is 5.26 Å². The number of benzene rings is 3. The van der Waals surface area contributed by atoms with Crippen molar-refractivity contribution in [3.8, 4) is 6.07 Å². The van der Waals surface area contributed by atoms with Gasteiger partial charge in [-0.1, -0.05) is 52.5 Å². The highest BCUT2D eigenvalue weighted by Crippen LogP contribution is 2.24. The molecule has 0 bridgehead atoms. The maximum Gasteiger partial charge on any atom is 0.206 e. The van der Waals surface area contributed by atoms with Gasteiger partial charge < -0.3 is 0 Å². The lowest BCUT2D eigenvalue weighted by atomic mass is 10.2. The molecule has 0 aromatic heterocycles. The van der Waals surface area contributed by atoms with Crippen molar-refractivity contribution in [2.75, 3.05) is 0 Å². The molecule has 0 saturated heterocycles. The normalized spacial score (nSPS) is 10.5. The molecule has 0 aliphatic carbocycles. The molecule has 3 aromatic carbocycles. The van der Waals surface area contributed by atoms with E-state index in [-0.39, 0.29) is 9.79 Å². The van der Waals surface area contributed by atoms with Crippen LogP contribution in [-0.4, -0.2) is 8.42 Å². The zero-order chi connectivity index (χ0) is 20.0. The van der Waals surface area contributed by atoms with E-state index in [1.54, 1.807) is 42.5 Å². The van der Waals surface area contributed by atoms with Crippen molar-refractivity contribution >= 4 is 56.2 Å². The second-order valence-electron chi connectivity index (χ2n) is 5.12. The van der Waals surface area contributed by atoms with Gasteiger partial charge in [-0.15, -0.1) is 0 Å². The second kappa shape index (κ2) is 9.45. The SMILES string of the molecule is N#Cc1c(Cl)cccc1Cl.O=S(=O)(c1ccc(Cl)cc1)c1ccc(Cl)cc1. The van der Waals surface area contributed by atoms with Gasteiger partial charge in [0.1, 0.15) is 6.07 Å². The fraction of sp³-hybridized carbons (Fsp3) is 0. The number of hydrogen-bond acceptors (Lipinski definition) is 3. The lowest BCUT2D eigenvalue weighted by Crippen LogP contribution is -2.01. The molecule has 0 fully saturated rings. The number of nitriles is 1. The Kier molecular flexibility index (Phi) is 7.55. The Bertz CT molecular complexity index is 1000. The van der Waals surface area contributed by atoms with Crippen LogP contribution >= 0.6 is 46.4 Å². The third kappa shape index (κ3) is 5.62. The van der Waals surface area contributed by atoms with Gasteiger partial charge in [0.2, 0.25) is 9.84 Å². The largest absolute Gasteiger partial charge is 0.219 e. The number of sulfone groups is 1. The zero-order valence-corrected chi connectivity index (χ0v) is 17.4. The Morgan fingerprint density at radius 3 is 1.33 bits per heavy atom. The van der Waals surface area contributed by atoms with Crippen molar-refractivity contribution < 1.29 is 8.42 Å². The van der Waals surface area contributed by atoms with Crippen LogP contribution < -0.4 is 0 Å². The summed E-state index contributed by atoms with van der Waals surface area (Å²) in [5.41, 5.74) is 0.339. The van der Waals surface area contributed by atoms with Gasteiger partial charge in [0.15, 0.2) is 0 Å². The third-order valence-corrected chi connectivity index (χ3v) is 6.24. The summed E-state index contributed by atoms with van der Waals surface area (Å²) in [7, 11) is -3.49. The van der Waals surface area contributed by atoms with Gasteiger partial charge in [0.05, 0.1) is 25.4 Å². The van der Waals surface area contributed by atoms with Crippen LogP contribution in [0.15, 0.2) is 76.5 Å². The van der Waals surface area contributed by atoms with Crippen LogP contribution in [0.2, 0.25) is 20.1 Å². The van der Waals surface area contributed by atoms with Crippen molar-refractivity contribution in [2.24, 2.45) is 0 Å². The van der Waals surface area contributed by atoms with E-state index < -0.39 is 9.84 Å². The monoisotopic (exact) mass is 457 g/mol. The van der Waals surface area contributed by atoms with Crippen LogP contribution in [-0.2, 0) is 9.84 Å². The Labute approximate surface area is 177 Å². The van der Waals surface area contributed by atoms with Gasteiger partial charge >= 0.3 is 0 Å². The van der Waals surface area contributed by atoms with Gasteiger partial charge in [-0.05, 0) is 60.7 Å². The van der Waals surface area contributed by atoms with Gasteiger partial charge in [-0.2, -0.15) is 5.26 Å². The summed E-state index contributed by atoms with van der Waals surface area (Å²) < 4.78 is 24.3.